The predicted molar refractivity (Wildman–Crippen MR) is 261 cm³/mol. The largest absolute Gasteiger partial charge is 0.472 e. The van der Waals surface area contributed by atoms with E-state index in [-0.39, 0.29) is 32.0 Å². The molecule has 0 saturated heterocycles. The van der Waals surface area contributed by atoms with Gasteiger partial charge >= 0.3 is 19.8 Å². The van der Waals surface area contributed by atoms with Crippen LogP contribution >= 0.6 is 7.82 Å². The summed E-state index contributed by atoms with van der Waals surface area (Å²) in [5.74, 6) is -0.806. The average molecular weight is 895 g/mol. The van der Waals surface area contributed by atoms with E-state index in [1.807, 2.05) is 21.1 Å². The number of allylic oxidation sites excluding steroid dienone is 8. The molecule has 0 aromatic rings. The molecule has 0 bridgehead atoms. The number of carbonyl (C=O) groups is 2. The lowest BCUT2D eigenvalue weighted by atomic mass is 10.0. The number of carbonyl (C=O) groups excluding carboxylic acids is 2. The fraction of sp³-hybridized carbons (Fsp3) is 0.808. The Bertz CT molecular complexity index is 1190. The van der Waals surface area contributed by atoms with Crippen LogP contribution in [0.4, 0.5) is 0 Å². The van der Waals surface area contributed by atoms with Gasteiger partial charge in [0.05, 0.1) is 27.7 Å². The van der Waals surface area contributed by atoms with Crippen LogP contribution in [0.15, 0.2) is 48.6 Å². The molecule has 2 unspecified atom stereocenters. The van der Waals surface area contributed by atoms with Gasteiger partial charge in [0.2, 0.25) is 0 Å². The van der Waals surface area contributed by atoms with E-state index in [9.17, 15) is 19.0 Å². The molecule has 0 fully saturated rings. The SMILES string of the molecule is CC/C=C\C/C=C\C/C=C\C/C=C\CCCCCCCCCCCCCCCCCCCCCCC(=O)OC(COC(=O)CCCCCCC)COP(=O)(O)OCC[N+](C)(C)C. The van der Waals surface area contributed by atoms with E-state index in [0.717, 1.165) is 70.6 Å². The van der Waals surface area contributed by atoms with Crippen LogP contribution in [0.25, 0.3) is 0 Å². The molecule has 0 amide bonds. The van der Waals surface area contributed by atoms with Crippen LogP contribution in [-0.4, -0.2) is 74.9 Å². The minimum Gasteiger partial charge on any atom is -0.462 e. The Morgan fingerprint density at radius 3 is 1.37 bits per heavy atom. The summed E-state index contributed by atoms with van der Waals surface area (Å²) in [5, 5.41) is 0. The quantitative estimate of drug-likeness (QED) is 0.0212. The number of phosphoric acid groups is 1. The Hall–Kier alpha value is -2.03. The van der Waals surface area contributed by atoms with Crippen molar-refractivity contribution in [1.29, 1.82) is 0 Å². The number of likely N-dealkylation sites (N-methyl/N-ethyl adjacent to an activating group) is 1. The highest BCUT2D eigenvalue weighted by Gasteiger charge is 2.27. The Labute approximate surface area is 382 Å². The summed E-state index contributed by atoms with van der Waals surface area (Å²) >= 11 is 0. The van der Waals surface area contributed by atoms with E-state index >= 15 is 0 Å². The van der Waals surface area contributed by atoms with Gasteiger partial charge in [-0.2, -0.15) is 0 Å². The minimum atomic E-state index is -4.36. The van der Waals surface area contributed by atoms with Gasteiger partial charge in [-0.1, -0.05) is 204 Å². The van der Waals surface area contributed by atoms with Crippen LogP contribution in [0.3, 0.4) is 0 Å². The number of unbranched alkanes of at least 4 members (excludes halogenated alkanes) is 24. The maximum atomic E-state index is 12.7. The highest BCUT2D eigenvalue weighted by molar-refractivity contribution is 7.47. The Morgan fingerprint density at radius 2 is 0.919 bits per heavy atom. The Kier molecular flexibility index (Phi) is 42.7. The molecule has 0 heterocycles. The van der Waals surface area contributed by atoms with Crippen molar-refractivity contribution < 1.29 is 42.1 Å². The summed E-state index contributed by atoms with van der Waals surface area (Å²) in [4.78, 5) is 35.1. The first-order valence-electron chi connectivity index (χ1n) is 25.4. The molecule has 0 aromatic carbocycles. The molecule has 0 aliphatic rings. The van der Waals surface area contributed by atoms with Crippen LogP contribution in [0.1, 0.15) is 219 Å². The third kappa shape index (κ3) is 47.4. The van der Waals surface area contributed by atoms with Crippen LogP contribution < -0.4 is 0 Å². The van der Waals surface area contributed by atoms with Gasteiger partial charge in [0.25, 0.3) is 0 Å². The molecule has 0 saturated carbocycles. The van der Waals surface area contributed by atoms with Crippen LogP contribution in [0.2, 0.25) is 0 Å². The third-order valence-electron chi connectivity index (χ3n) is 10.9. The first-order chi connectivity index (χ1) is 30.0. The highest BCUT2D eigenvalue weighted by atomic mass is 31.2. The van der Waals surface area contributed by atoms with Gasteiger partial charge < -0.3 is 18.9 Å². The van der Waals surface area contributed by atoms with Crippen molar-refractivity contribution in [3.05, 3.63) is 48.6 Å². The van der Waals surface area contributed by atoms with Crippen molar-refractivity contribution in [2.24, 2.45) is 0 Å². The number of quaternary nitrogens is 1. The zero-order valence-electron chi connectivity index (χ0n) is 40.9. The molecule has 0 aromatic heterocycles. The number of hydrogen-bond donors (Lipinski definition) is 1. The van der Waals surface area contributed by atoms with Crippen molar-refractivity contribution in [3.8, 4) is 0 Å². The zero-order chi connectivity index (χ0) is 45.7. The standard InChI is InChI=1S/C52H96NO8P/c1-6-8-10-12-13-14-15-16-17-18-19-20-21-22-23-24-25-26-27-28-29-30-31-32-33-34-35-36-37-38-39-41-43-45-52(55)61-50(48-58-51(54)44-42-40-11-9-7-2)49-60-62(56,57)59-47-46-53(3,4)5/h8,10,13-14,16-17,19-20,50H,6-7,9,11-12,15,18,21-49H2,1-5H3/p+1/b10-8-,14-13-,17-16-,20-19-. The molecule has 0 spiro atoms. The molecule has 0 aliphatic heterocycles. The number of ether oxygens (including phenoxy) is 2. The van der Waals surface area contributed by atoms with Crippen molar-refractivity contribution in [1.82, 2.24) is 0 Å². The molecular formula is C52H97NO8P+. The van der Waals surface area contributed by atoms with E-state index < -0.39 is 26.5 Å². The maximum Gasteiger partial charge on any atom is 0.472 e. The third-order valence-corrected chi connectivity index (χ3v) is 11.9. The first kappa shape index (κ1) is 60.0. The number of rotatable bonds is 46. The zero-order valence-corrected chi connectivity index (χ0v) is 41.7. The Morgan fingerprint density at radius 1 is 0.516 bits per heavy atom. The summed E-state index contributed by atoms with van der Waals surface area (Å²) in [6.07, 6.45) is 53.8. The van der Waals surface area contributed by atoms with E-state index in [4.69, 9.17) is 18.5 Å². The van der Waals surface area contributed by atoms with E-state index in [0.29, 0.717) is 17.4 Å². The minimum absolute atomic E-state index is 0.0330. The summed E-state index contributed by atoms with van der Waals surface area (Å²) < 4.78 is 34.1. The first-order valence-corrected chi connectivity index (χ1v) is 26.9. The molecule has 0 radical (unpaired) electrons. The lowest BCUT2D eigenvalue weighted by molar-refractivity contribution is -0.870. The topological polar surface area (TPSA) is 108 Å². The van der Waals surface area contributed by atoms with Gasteiger partial charge in [-0.25, -0.2) is 4.57 Å². The predicted octanol–water partition coefficient (Wildman–Crippen LogP) is 15.0. The van der Waals surface area contributed by atoms with E-state index in [1.165, 1.54) is 116 Å². The molecular weight excluding hydrogens is 798 g/mol. The number of phosphoric ester groups is 1. The lowest BCUT2D eigenvalue weighted by Gasteiger charge is -2.24. The molecule has 1 N–H and O–H groups in total. The molecule has 0 rings (SSSR count). The number of hydrogen-bond acceptors (Lipinski definition) is 7. The fourth-order valence-corrected chi connectivity index (χ4v) is 7.69. The second kappa shape index (κ2) is 44.2. The fourth-order valence-electron chi connectivity index (χ4n) is 6.95. The lowest BCUT2D eigenvalue weighted by Crippen LogP contribution is -2.37. The number of esters is 2. The van der Waals surface area contributed by atoms with Crippen molar-refractivity contribution in [3.63, 3.8) is 0 Å². The van der Waals surface area contributed by atoms with E-state index in [1.54, 1.807) is 0 Å². The molecule has 10 heteroatoms. The maximum absolute atomic E-state index is 12.7. The van der Waals surface area contributed by atoms with Crippen LogP contribution in [0, 0.1) is 0 Å². The molecule has 2 atom stereocenters. The monoisotopic (exact) mass is 895 g/mol. The van der Waals surface area contributed by atoms with Gasteiger partial charge in [-0.05, 0) is 51.4 Å². The molecule has 62 heavy (non-hydrogen) atoms. The summed E-state index contributed by atoms with van der Waals surface area (Å²) in [5.41, 5.74) is 0. The summed E-state index contributed by atoms with van der Waals surface area (Å²) in [6.45, 7) is 4.23. The molecule has 362 valence electrons. The second-order valence-corrected chi connectivity index (χ2v) is 19.6. The van der Waals surface area contributed by atoms with Crippen molar-refractivity contribution in [2.45, 2.75) is 225 Å². The molecule has 0 aliphatic carbocycles. The van der Waals surface area contributed by atoms with Crippen molar-refractivity contribution >= 4 is 19.8 Å². The van der Waals surface area contributed by atoms with Crippen LogP contribution in [0.5, 0.6) is 0 Å². The van der Waals surface area contributed by atoms with Gasteiger partial charge in [-0.15, -0.1) is 0 Å². The van der Waals surface area contributed by atoms with Gasteiger partial charge in [0, 0.05) is 12.8 Å². The van der Waals surface area contributed by atoms with E-state index in [2.05, 4.69) is 62.5 Å². The normalized spacial score (nSPS) is 13.8. The number of nitrogens with zero attached hydrogens (tertiary/aromatic N) is 1. The second-order valence-electron chi connectivity index (χ2n) is 18.2. The summed E-state index contributed by atoms with van der Waals surface area (Å²) in [6, 6.07) is 0. The smallest absolute Gasteiger partial charge is 0.462 e. The van der Waals surface area contributed by atoms with Gasteiger partial charge in [0.15, 0.2) is 6.10 Å². The van der Waals surface area contributed by atoms with Crippen LogP contribution in [-0.2, 0) is 32.7 Å². The Balaban J connectivity index is 3.85. The van der Waals surface area contributed by atoms with Gasteiger partial charge in [0.1, 0.15) is 19.8 Å². The highest BCUT2D eigenvalue weighted by Crippen LogP contribution is 2.43. The van der Waals surface area contributed by atoms with Gasteiger partial charge in [-0.3, -0.25) is 18.6 Å². The molecule has 9 nitrogen and oxygen atoms in total. The van der Waals surface area contributed by atoms with Crippen molar-refractivity contribution in [2.75, 3.05) is 47.5 Å². The summed E-state index contributed by atoms with van der Waals surface area (Å²) in [7, 11) is 1.48. The average Bonchev–Trinajstić information content (AvgIpc) is 3.22.